The molecule has 3 rings (SSSR count). The topological polar surface area (TPSA) is 39.8 Å². The standard InChI is InChI=1S/C13H11N3O/c1-15-6-4-10-8-11(2-3-12(10)15)13(17)16-7-5-14-9-16/h2-9H,1H3. The Morgan fingerprint density at radius 2 is 2.12 bits per heavy atom. The number of imidazole rings is 1. The zero-order valence-corrected chi connectivity index (χ0v) is 9.37. The Hall–Kier alpha value is -2.36. The third-order valence-corrected chi connectivity index (χ3v) is 2.87. The van der Waals surface area contributed by atoms with Gasteiger partial charge in [-0.1, -0.05) is 0 Å². The molecule has 0 aliphatic rings. The van der Waals surface area contributed by atoms with Gasteiger partial charge in [0.05, 0.1) is 0 Å². The number of benzene rings is 1. The number of rotatable bonds is 1. The van der Waals surface area contributed by atoms with E-state index >= 15 is 0 Å². The number of aromatic nitrogens is 3. The fraction of sp³-hybridized carbons (Fsp3) is 0.0769. The van der Waals surface area contributed by atoms with Crippen molar-refractivity contribution < 1.29 is 4.79 Å². The van der Waals surface area contributed by atoms with Gasteiger partial charge >= 0.3 is 0 Å². The van der Waals surface area contributed by atoms with Crippen molar-refractivity contribution in [3.63, 3.8) is 0 Å². The van der Waals surface area contributed by atoms with Crippen LogP contribution in [0.15, 0.2) is 49.2 Å². The van der Waals surface area contributed by atoms with Crippen LogP contribution in [0, 0.1) is 0 Å². The summed E-state index contributed by atoms with van der Waals surface area (Å²) >= 11 is 0. The summed E-state index contributed by atoms with van der Waals surface area (Å²) < 4.78 is 3.50. The molecule has 0 aliphatic carbocycles. The smallest absolute Gasteiger partial charge is 0.263 e. The van der Waals surface area contributed by atoms with Crippen LogP contribution in [-0.2, 0) is 7.05 Å². The first kappa shape index (κ1) is 9.84. The van der Waals surface area contributed by atoms with E-state index in [1.54, 1.807) is 12.4 Å². The Morgan fingerprint density at radius 3 is 2.88 bits per heavy atom. The van der Waals surface area contributed by atoms with Crippen LogP contribution in [0.4, 0.5) is 0 Å². The molecule has 4 nitrogen and oxygen atoms in total. The van der Waals surface area contributed by atoms with Gasteiger partial charge in [0.25, 0.3) is 5.91 Å². The first-order chi connectivity index (χ1) is 8.25. The van der Waals surface area contributed by atoms with Crippen molar-refractivity contribution in [2.24, 2.45) is 7.05 Å². The van der Waals surface area contributed by atoms with Gasteiger partial charge in [0.2, 0.25) is 0 Å². The summed E-state index contributed by atoms with van der Waals surface area (Å²) in [5, 5.41) is 1.07. The molecule has 84 valence electrons. The van der Waals surface area contributed by atoms with Crippen molar-refractivity contribution in [3.8, 4) is 0 Å². The van der Waals surface area contributed by atoms with E-state index in [1.807, 2.05) is 42.1 Å². The Labute approximate surface area is 98.1 Å². The Bertz CT molecular complexity index is 680. The molecular formula is C13H11N3O. The van der Waals surface area contributed by atoms with Gasteiger partial charge in [0, 0.05) is 42.1 Å². The normalized spacial score (nSPS) is 10.9. The Balaban J connectivity index is 2.09. The molecule has 0 amide bonds. The summed E-state index contributed by atoms with van der Waals surface area (Å²) in [5.41, 5.74) is 1.79. The predicted molar refractivity (Wildman–Crippen MR) is 64.9 cm³/mol. The highest BCUT2D eigenvalue weighted by Gasteiger charge is 2.08. The first-order valence-electron chi connectivity index (χ1n) is 5.33. The molecule has 0 radical (unpaired) electrons. The van der Waals surface area contributed by atoms with Crippen molar-refractivity contribution in [1.29, 1.82) is 0 Å². The van der Waals surface area contributed by atoms with E-state index in [0.29, 0.717) is 5.56 Å². The molecule has 1 aromatic carbocycles. The number of carbonyl (C=O) groups excluding carboxylic acids is 1. The molecular weight excluding hydrogens is 214 g/mol. The second-order valence-electron chi connectivity index (χ2n) is 3.98. The number of fused-ring (bicyclic) bond motifs is 1. The van der Waals surface area contributed by atoms with E-state index in [4.69, 9.17) is 0 Å². The van der Waals surface area contributed by atoms with E-state index in [1.165, 1.54) is 10.9 Å². The minimum atomic E-state index is -0.0618. The van der Waals surface area contributed by atoms with Crippen molar-refractivity contribution in [2.45, 2.75) is 0 Å². The van der Waals surface area contributed by atoms with Crippen LogP contribution in [0.25, 0.3) is 10.9 Å². The Kier molecular flexibility index (Phi) is 2.08. The lowest BCUT2D eigenvalue weighted by Crippen LogP contribution is -2.09. The van der Waals surface area contributed by atoms with Gasteiger partial charge in [-0.3, -0.25) is 9.36 Å². The summed E-state index contributed by atoms with van der Waals surface area (Å²) in [7, 11) is 1.99. The van der Waals surface area contributed by atoms with Crippen molar-refractivity contribution in [1.82, 2.24) is 14.1 Å². The van der Waals surface area contributed by atoms with Crippen molar-refractivity contribution >= 4 is 16.8 Å². The van der Waals surface area contributed by atoms with Gasteiger partial charge in [-0.15, -0.1) is 0 Å². The molecule has 4 heteroatoms. The van der Waals surface area contributed by atoms with Gasteiger partial charge in [0.15, 0.2) is 0 Å². The zero-order chi connectivity index (χ0) is 11.8. The monoisotopic (exact) mass is 225 g/mol. The fourth-order valence-electron chi connectivity index (χ4n) is 1.94. The van der Waals surface area contributed by atoms with Crippen LogP contribution >= 0.6 is 0 Å². The molecule has 0 saturated carbocycles. The number of hydrogen-bond donors (Lipinski definition) is 0. The van der Waals surface area contributed by atoms with E-state index in [0.717, 1.165) is 10.9 Å². The number of carbonyl (C=O) groups is 1. The highest BCUT2D eigenvalue weighted by atomic mass is 16.2. The molecule has 3 aromatic rings. The fourth-order valence-corrected chi connectivity index (χ4v) is 1.94. The highest BCUT2D eigenvalue weighted by molar-refractivity contribution is 5.99. The van der Waals surface area contributed by atoms with Crippen LogP contribution in [0.1, 0.15) is 10.4 Å². The Morgan fingerprint density at radius 1 is 1.24 bits per heavy atom. The predicted octanol–water partition coefficient (Wildman–Crippen LogP) is 2.06. The second kappa shape index (κ2) is 3.59. The van der Waals surface area contributed by atoms with Gasteiger partial charge < -0.3 is 4.57 Å². The number of nitrogens with zero attached hydrogens (tertiary/aromatic N) is 3. The largest absolute Gasteiger partial charge is 0.351 e. The van der Waals surface area contributed by atoms with Gasteiger partial charge in [0.1, 0.15) is 6.33 Å². The number of aryl methyl sites for hydroxylation is 1. The van der Waals surface area contributed by atoms with Gasteiger partial charge in [-0.2, -0.15) is 0 Å². The van der Waals surface area contributed by atoms with E-state index in [9.17, 15) is 4.79 Å². The SMILES string of the molecule is Cn1ccc2cc(C(=O)n3ccnc3)ccc21. The van der Waals surface area contributed by atoms with Crippen LogP contribution in [-0.4, -0.2) is 20.0 Å². The van der Waals surface area contributed by atoms with Crippen LogP contribution in [0.2, 0.25) is 0 Å². The maximum atomic E-state index is 12.1. The molecule has 0 N–H and O–H groups in total. The summed E-state index contributed by atoms with van der Waals surface area (Å²) in [6.07, 6.45) is 6.74. The quantitative estimate of drug-likeness (QED) is 0.636. The summed E-state index contributed by atoms with van der Waals surface area (Å²) in [5.74, 6) is -0.0618. The highest BCUT2D eigenvalue weighted by Crippen LogP contribution is 2.17. The molecule has 0 atom stereocenters. The third kappa shape index (κ3) is 1.54. The molecule has 0 aliphatic heterocycles. The van der Waals surface area contributed by atoms with Gasteiger partial charge in [-0.05, 0) is 24.3 Å². The second-order valence-corrected chi connectivity index (χ2v) is 3.98. The molecule has 0 fully saturated rings. The van der Waals surface area contributed by atoms with Crippen LogP contribution in [0.5, 0.6) is 0 Å². The van der Waals surface area contributed by atoms with E-state index in [2.05, 4.69) is 4.98 Å². The van der Waals surface area contributed by atoms with Crippen LogP contribution in [0.3, 0.4) is 0 Å². The molecule has 0 spiro atoms. The van der Waals surface area contributed by atoms with Gasteiger partial charge in [-0.25, -0.2) is 4.98 Å². The van der Waals surface area contributed by atoms with Crippen LogP contribution < -0.4 is 0 Å². The first-order valence-corrected chi connectivity index (χ1v) is 5.33. The molecule has 0 bridgehead atoms. The average Bonchev–Trinajstić information content (AvgIpc) is 2.98. The minimum Gasteiger partial charge on any atom is -0.351 e. The lowest BCUT2D eigenvalue weighted by atomic mass is 10.1. The lowest BCUT2D eigenvalue weighted by Gasteiger charge is -2.02. The van der Waals surface area contributed by atoms with E-state index in [-0.39, 0.29) is 5.91 Å². The summed E-state index contributed by atoms with van der Waals surface area (Å²) in [6.45, 7) is 0. The van der Waals surface area contributed by atoms with Crippen molar-refractivity contribution in [3.05, 3.63) is 54.7 Å². The molecule has 0 saturated heterocycles. The molecule has 2 heterocycles. The molecule has 2 aromatic heterocycles. The summed E-state index contributed by atoms with van der Waals surface area (Å²) in [6, 6.07) is 7.70. The minimum absolute atomic E-state index is 0.0618. The van der Waals surface area contributed by atoms with E-state index < -0.39 is 0 Å². The maximum absolute atomic E-state index is 12.1. The zero-order valence-electron chi connectivity index (χ0n) is 9.37. The number of hydrogen-bond acceptors (Lipinski definition) is 2. The van der Waals surface area contributed by atoms with Crippen molar-refractivity contribution in [2.75, 3.05) is 0 Å². The lowest BCUT2D eigenvalue weighted by molar-refractivity contribution is 0.0960. The third-order valence-electron chi connectivity index (χ3n) is 2.87. The summed E-state index contributed by atoms with van der Waals surface area (Å²) in [4.78, 5) is 15.9. The molecule has 17 heavy (non-hydrogen) atoms. The maximum Gasteiger partial charge on any atom is 0.263 e. The molecule has 0 unspecified atom stereocenters. The average molecular weight is 225 g/mol.